The van der Waals surface area contributed by atoms with Crippen LogP contribution in [0.25, 0.3) is 32.9 Å². The normalized spacial score (nSPS) is 17.6. The topological polar surface area (TPSA) is 109 Å². The molecule has 38 heavy (non-hydrogen) atoms. The fraction of sp³-hybridized carbons (Fsp3) is 0.357. The van der Waals surface area contributed by atoms with Crippen LogP contribution in [0.3, 0.4) is 0 Å². The van der Waals surface area contributed by atoms with Crippen LogP contribution in [0.2, 0.25) is 0 Å². The molecule has 2 aromatic heterocycles. The number of piperidine rings is 1. The molecule has 3 N–H and O–H groups in total. The summed E-state index contributed by atoms with van der Waals surface area (Å²) in [5.74, 6) is -0.628. The molecule has 0 bridgehead atoms. The minimum atomic E-state index is -0.628. The van der Waals surface area contributed by atoms with Crippen LogP contribution >= 0.6 is 11.8 Å². The molecule has 1 aliphatic rings. The number of thioether (sulfide) groups is 1. The van der Waals surface area contributed by atoms with E-state index in [1.165, 1.54) is 18.0 Å². The number of aromatic amines is 1. The highest BCUT2D eigenvalue weighted by Gasteiger charge is 2.28. The van der Waals surface area contributed by atoms with Gasteiger partial charge >= 0.3 is 6.09 Å². The average Bonchev–Trinajstić information content (AvgIpc) is 2.91. The Bertz CT molecular complexity index is 1550. The van der Waals surface area contributed by atoms with Crippen LogP contribution in [0.15, 0.2) is 52.5 Å². The Morgan fingerprint density at radius 3 is 2.84 bits per heavy atom. The zero-order chi connectivity index (χ0) is 26.7. The molecule has 2 aromatic carbocycles. The van der Waals surface area contributed by atoms with Gasteiger partial charge in [-0.3, -0.25) is 9.78 Å². The fourth-order valence-corrected chi connectivity index (χ4v) is 5.41. The number of halogens is 1. The van der Waals surface area contributed by atoms with Crippen LogP contribution in [0, 0.1) is 5.82 Å². The van der Waals surface area contributed by atoms with Gasteiger partial charge in [-0.05, 0) is 61.7 Å². The van der Waals surface area contributed by atoms with Gasteiger partial charge in [-0.15, -0.1) is 0 Å². The highest BCUT2D eigenvalue weighted by molar-refractivity contribution is 7.98. The van der Waals surface area contributed by atoms with Crippen LogP contribution in [0.1, 0.15) is 31.7 Å². The molecule has 10 heteroatoms. The standard InChI is InChI=1S/C28H30FN5O3S/c1-28(12-6-13-30-16-28)34-27(36)37-14-5-10-18-8-3-7-17-9-4-11-19(21(17)18)23-22(29)24-20(15-31-23)25(35)33-26(32-24)38-2/h3-4,7-9,11,15,30H,5-6,10,12-14,16H2,1-2H3,(H,34,36)(H,32,33,35)/t28-/m1/s1. The number of ether oxygens (including phenoxy) is 1. The number of pyridine rings is 1. The Morgan fingerprint density at radius 2 is 2.08 bits per heavy atom. The predicted octanol–water partition coefficient (Wildman–Crippen LogP) is 4.80. The highest BCUT2D eigenvalue weighted by atomic mass is 32.2. The van der Waals surface area contributed by atoms with Crippen molar-refractivity contribution in [1.29, 1.82) is 0 Å². The van der Waals surface area contributed by atoms with Gasteiger partial charge in [0.25, 0.3) is 5.56 Å². The summed E-state index contributed by atoms with van der Waals surface area (Å²) in [4.78, 5) is 36.0. The molecule has 4 aromatic rings. The Kier molecular flexibility index (Phi) is 7.62. The summed E-state index contributed by atoms with van der Waals surface area (Å²) < 4.78 is 21.2. The van der Waals surface area contributed by atoms with E-state index in [-0.39, 0.29) is 28.7 Å². The number of hydrogen-bond acceptors (Lipinski definition) is 7. The maximum atomic E-state index is 15.8. The largest absolute Gasteiger partial charge is 0.450 e. The van der Waals surface area contributed by atoms with E-state index in [2.05, 4.69) is 25.6 Å². The number of alkyl carbamates (subject to hydrolysis) is 1. The lowest BCUT2D eigenvalue weighted by atomic mass is 9.93. The second kappa shape index (κ2) is 11.1. The summed E-state index contributed by atoms with van der Waals surface area (Å²) in [5, 5.41) is 8.56. The van der Waals surface area contributed by atoms with Gasteiger partial charge in [0, 0.05) is 18.3 Å². The number of carbonyl (C=O) groups excluding carboxylic acids is 1. The molecular weight excluding hydrogens is 505 g/mol. The number of carbonyl (C=O) groups is 1. The molecule has 0 saturated carbocycles. The Balaban J connectivity index is 1.38. The molecule has 198 valence electrons. The maximum Gasteiger partial charge on any atom is 0.407 e. The van der Waals surface area contributed by atoms with Crippen molar-refractivity contribution in [2.45, 2.75) is 43.3 Å². The Morgan fingerprint density at radius 1 is 1.26 bits per heavy atom. The number of fused-ring (bicyclic) bond motifs is 2. The first-order chi connectivity index (χ1) is 18.4. The molecule has 1 fully saturated rings. The summed E-state index contributed by atoms with van der Waals surface area (Å²) in [5.41, 5.74) is 1.04. The molecular formula is C28H30FN5O3S. The number of benzene rings is 2. The van der Waals surface area contributed by atoms with Crippen molar-refractivity contribution in [3.8, 4) is 11.3 Å². The predicted molar refractivity (Wildman–Crippen MR) is 148 cm³/mol. The minimum absolute atomic E-state index is 0.00106. The lowest BCUT2D eigenvalue weighted by molar-refractivity contribution is 0.128. The van der Waals surface area contributed by atoms with Crippen LogP contribution in [-0.4, -0.2) is 52.5 Å². The van der Waals surface area contributed by atoms with E-state index in [0.29, 0.717) is 23.6 Å². The molecule has 3 heterocycles. The monoisotopic (exact) mass is 535 g/mol. The number of nitrogens with one attached hydrogen (secondary N) is 3. The quantitative estimate of drug-likeness (QED) is 0.177. The molecule has 1 amide bonds. The average molecular weight is 536 g/mol. The fourth-order valence-electron chi connectivity index (χ4n) is 5.03. The van der Waals surface area contributed by atoms with Gasteiger partial charge in [-0.2, -0.15) is 0 Å². The van der Waals surface area contributed by atoms with E-state index in [9.17, 15) is 9.59 Å². The van der Waals surface area contributed by atoms with Crippen molar-refractivity contribution in [1.82, 2.24) is 25.6 Å². The van der Waals surface area contributed by atoms with E-state index in [1.807, 2.05) is 43.3 Å². The molecule has 1 saturated heterocycles. The lowest BCUT2D eigenvalue weighted by Gasteiger charge is -2.34. The van der Waals surface area contributed by atoms with Gasteiger partial charge in [0.2, 0.25) is 0 Å². The van der Waals surface area contributed by atoms with E-state index >= 15 is 4.39 Å². The van der Waals surface area contributed by atoms with Gasteiger partial charge in [0.05, 0.1) is 17.5 Å². The van der Waals surface area contributed by atoms with Crippen molar-refractivity contribution in [2.24, 2.45) is 0 Å². The van der Waals surface area contributed by atoms with E-state index in [0.717, 1.165) is 42.3 Å². The molecule has 0 unspecified atom stereocenters. The van der Waals surface area contributed by atoms with Gasteiger partial charge in [0.15, 0.2) is 11.0 Å². The number of hydrogen-bond donors (Lipinski definition) is 3. The zero-order valence-electron chi connectivity index (χ0n) is 21.4. The van der Waals surface area contributed by atoms with Crippen LogP contribution in [0.5, 0.6) is 0 Å². The van der Waals surface area contributed by atoms with E-state index in [1.54, 1.807) is 6.26 Å². The second-order valence-corrected chi connectivity index (χ2v) is 10.6. The van der Waals surface area contributed by atoms with Gasteiger partial charge in [-0.25, -0.2) is 14.2 Å². The first-order valence-electron chi connectivity index (χ1n) is 12.7. The van der Waals surface area contributed by atoms with Crippen LogP contribution < -0.4 is 16.2 Å². The summed E-state index contributed by atoms with van der Waals surface area (Å²) >= 11 is 1.24. The van der Waals surface area contributed by atoms with Crippen molar-refractivity contribution in [3.63, 3.8) is 0 Å². The summed E-state index contributed by atoms with van der Waals surface area (Å²) in [6, 6.07) is 11.6. The Labute approximate surface area is 223 Å². The van der Waals surface area contributed by atoms with Gasteiger partial charge < -0.3 is 20.4 Å². The third kappa shape index (κ3) is 5.37. The number of nitrogens with zero attached hydrogens (tertiary/aromatic N) is 2. The number of rotatable bonds is 7. The van der Waals surface area contributed by atoms with Crippen molar-refractivity contribution in [2.75, 3.05) is 26.0 Å². The molecule has 0 spiro atoms. The maximum absolute atomic E-state index is 15.8. The molecule has 1 atom stereocenters. The third-order valence-electron chi connectivity index (χ3n) is 6.94. The SMILES string of the molecule is CSc1nc2c(F)c(-c3cccc4cccc(CCCOC(=O)N[C@]5(C)CCCNC5)c34)ncc2c(=O)[nH]1. The van der Waals surface area contributed by atoms with Gasteiger partial charge in [-0.1, -0.05) is 48.2 Å². The number of H-pyrrole nitrogens is 1. The minimum Gasteiger partial charge on any atom is -0.450 e. The third-order valence-corrected chi connectivity index (χ3v) is 7.52. The highest BCUT2D eigenvalue weighted by Crippen LogP contribution is 2.34. The molecule has 1 aliphatic heterocycles. The first-order valence-corrected chi connectivity index (χ1v) is 13.9. The molecule has 8 nitrogen and oxygen atoms in total. The number of amides is 1. The first kappa shape index (κ1) is 26.1. The summed E-state index contributed by atoms with van der Waals surface area (Å²) in [7, 11) is 0. The van der Waals surface area contributed by atoms with E-state index < -0.39 is 17.5 Å². The van der Waals surface area contributed by atoms with Gasteiger partial charge in [0.1, 0.15) is 11.2 Å². The smallest absolute Gasteiger partial charge is 0.407 e. The molecule has 5 rings (SSSR count). The van der Waals surface area contributed by atoms with Crippen molar-refractivity contribution >= 4 is 39.5 Å². The van der Waals surface area contributed by atoms with Crippen molar-refractivity contribution in [3.05, 3.63) is 64.3 Å². The summed E-state index contributed by atoms with van der Waals surface area (Å²) in [6.07, 6.45) is 5.89. The van der Waals surface area contributed by atoms with Crippen LogP contribution in [0.4, 0.5) is 9.18 Å². The lowest BCUT2D eigenvalue weighted by Crippen LogP contribution is -2.55. The number of aromatic nitrogens is 3. The zero-order valence-corrected chi connectivity index (χ0v) is 22.2. The van der Waals surface area contributed by atoms with Crippen molar-refractivity contribution < 1.29 is 13.9 Å². The van der Waals surface area contributed by atoms with Crippen LogP contribution in [-0.2, 0) is 11.2 Å². The number of aryl methyl sites for hydroxylation is 1. The van der Waals surface area contributed by atoms with E-state index in [4.69, 9.17) is 4.74 Å². The summed E-state index contributed by atoms with van der Waals surface area (Å²) in [6.45, 7) is 3.97. The second-order valence-electron chi connectivity index (χ2n) is 9.78. The molecule has 0 aliphatic carbocycles. The Hall–Kier alpha value is -3.50. The molecule has 0 radical (unpaired) electrons.